The monoisotopic (exact) mass is 191 g/mol. The smallest absolute Gasteiger partial charge is 0.234 e. The molecule has 1 aromatic rings. The summed E-state index contributed by atoms with van der Waals surface area (Å²) in [5.41, 5.74) is 2.22. The molecule has 0 radical (unpaired) electrons. The van der Waals surface area contributed by atoms with Gasteiger partial charge < -0.3 is 4.74 Å². The number of nitrogens with zero attached hydrogens (tertiary/aromatic N) is 1. The number of benzene rings is 1. The molecule has 0 saturated heterocycles. The Hall–Kier alpha value is -1.60. The molecule has 0 aliphatic heterocycles. The second kappa shape index (κ2) is 5.20. The average Bonchev–Trinajstić information content (AvgIpc) is 2.20. The Morgan fingerprint density at radius 2 is 2.29 bits per heavy atom. The van der Waals surface area contributed by atoms with Crippen molar-refractivity contribution >= 4 is 6.08 Å². The summed E-state index contributed by atoms with van der Waals surface area (Å²) in [6.07, 6.45) is 2.23. The van der Waals surface area contributed by atoms with E-state index in [1.54, 1.807) is 7.11 Å². The van der Waals surface area contributed by atoms with Gasteiger partial charge in [-0.3, -0.25) is 0 Å². The molecular formula is C11H13NO2. The minimum absolute atomic E-state index is 0.461. The second-order valence-electron chi connectivity index (χ2n) is 3.04. The third-order valence-electron chi connectivity index (χ3n) is 2.00. The quantitative estimate of drug-likeness (QED) is 0.538. The number of hydrogen-bond acceptors (Lipinski definition) is 3. The van der Waals surface area contributed by atoms with Crippen molar-refractivity contribution in [2.45, 2.75) is 13.3 Å². The van der Waals surface area contributed by atoms with Crippen molar-refractivity contribution in [3.05, 3.63) is 29.3 Å². The third kappa shape index (κ3) is 2.71. The Kier molecular flexibility index (Phi) is 3.89. The molecule has 0 aliphatic rings. The van der Waals surface area contributed by atoms with Crippen molar-refractivity contribution < 1.29 is 9.53 Å². The number of hydrogen-bond donors (Lipinski definition) is 0. The van der Waals surface area contributed by atoms with Crippen LogP contribution in [0.25, 0.3) is 0 Å². The van der Waals surface area contributed by atoms with E-state index in [4.69, 9.17) is 4.74 Å². The molecule has 0 atom stereocenters. The standard InChI is InChI=1S/C11H13NO2/c1-9-3-4-10(5-6-12-8-13)11(7-9)14-2/h3-4,7H,5-6H2,1-2H3. The van der Waals surface area contributed by atoms with Crippen molar-refractivity contribution in [3.63, 3.8) is 0 Å². The summed E-state index contributed by atoms with van der Waals surface area (Å²) in [5.74, 6) is 0.853. The van der Waals surface area contributed by atoms with Gasteiger partial charge in [0.25, 0.3) is 0 Å². The summed E-state index contributed by atoms with van der Waals surface area (Å²) in [4.78, 5) is 13.4. The van der Waals surface area contributed by atoms with E-state index in [-0.39, 0.29) is 0 Å². The first-order chi connectivity index (χ1) is 6.77. The molecule has 0 fully saturated rings. The number of aliphatic imine (C=N–C) groups is 1. The summed E-state index contributed by atoms with van der Waals surface area (Å²) in [5, 5.41) is 0. The number of rotatable bonds is 4. The highest BCUT2D eigenvalue weighted by Gasteiger charge is 2.01. The first-order valence-corrected chi connectivity index (χ1v) is 4.45. The van der Waals surface area contributed by atoms with Gasteiger partial charge >= 0.3 is 0 Å². The van der Waals surface area contributed by atoms with E-state index in [9.17, 15) is 4.79 Å². The molecule has 3 nitrogen and oxygen atoms in total. The minimum atomic E-state index is 0.461. The predicted octanol–water partition coefficient (Wildman–Crippen LogP) is 1.88. The summed E-state index contributed by atoms with van der Waals surface area (Å²) in [7, 11) is 1.64. The lowest BCUT2D eigenvalue weighted by atomic mass is 10.1. The molecule has 3 heteroatoms. The van der Waals surface area contributed by atoms with Gasteiger partial charge in [-0.05, 0) is 30.5 Å². The molecule has 0 N–H and O–H groups in total. The molecule has 0 bridgehead atoms. The molecule has 1 aromatic carbocycles. The van der Waals surface area contributed by atoms with Crippen LogP contribution in [0.2, 0.25) is 0 Å². The van der Waals surface area contributed by atoms with Crippen LogP contribution in [0.3, 0.4) is 0 Å². The number of methoxy groups -OCH3 is 1. The fraction of sp³-hybridized carbons (Fsp3) is 0.364. The average molecular weight is 191 g/mol. The summed E-state index contributed by atoms with van der Waals surface area (Å²) < 4.78 is 5.22. The number of isocyanates is 1. The lowest BCUT2D eigenvalue weighted by Crippen LogP contribution is -1.95. The molecule has 0 unspecified atom stereocenters. The zero-order chi connectivity index (χ0) is 10.4. The van der Waals surface area contributed by atoms with E-state index >= 15 is 0 Å². The van der Waals surface area contributed by atoms with Crippen LogP contribution in [0, 0.1) is 6.92 Å². The van der Waals surface area contributed by atoms with Gasteiger partial charge in [0, 0.05) is 0 Å². The predicted molar refractivity (Wildman–Crippen MR) is 54.4 cm³/mol. The number of ether oxygens (including phenoxy) is 1. The summed E-state index contributed by atoms with van der Waals surface area (Å²) >= 11 is 0. The molecule has 1 rings (SSSR count). The Labute approximate surface area is 83.4 Å². The molecular weight excluding hydrogens is 178 g/mol. The third-order valence-corrected chi connectivity index (χ3v) is 2.00. The van der Waals surface area contributed by atoms with E-state index in [0.717, 1.165) is 16.9 Å². The first-order valence-electron chi connectivity index (χ1n) is 4.45. The maximum atomic E-state index is 9.88. The van der Waals surface area contributed by atoms with Crippen LogP contribution in [-0.4, -0.2) is 19.7 Å². The van der Waals surface area contributed by atoms with Crippen LogP contribution in [0.15, 0.2) is 23.2 Å². The Balaban J connectivity index is 2.79. The fourth-order valence-corrected chi connectivity index (χ4v) is 1.28. The highest BCUT2D eigenvalue weighted by molar-refractivity contribution is 5.38. The largest absolute Gasteiger partial charge is 0.496 e. The van der Waals surface area contributed by atoms with Crippen LogP contribution in [0.4, 0.5) is 0 Å². The SMILES string of the molecule is COc1cc(C)ccc1CCN=C=O. The first kappa shape index (κ1) is 10.5. The van der Waals surface area contributed by atoms with E-state index in [1.807, 2.05) is 25.1 Å². The molecule has 0 saturated carbocycles. The maximum absolute atomic E-state index is 9.88. The van der Waals surface area contributed by atoms with Gasteiger partial charge in [0.2, 0.25) is 6.08 Å². The Morgan fingerprint density at radius 1 is 1.50 bits per heavy atom. The molecule has 0 heterocycles. The Bertz CT molecular complexity index is 354. The lowest BCUT2D eigenvalue weighted by molar-refractivity contribution is 0.409. The van der Waals surface area contributed by atoms with E-state index in [1.165, 1.54) is 6.08 Å². The van der Waals surface area contributed by atoms with E-state index in [0.29, 0.717) is 13.0 Å². The van der Waals surface area contributed by atoms with Crippen LogP contribution >= 0.6 is 0 Å². The van der Waals surface area contributed by atoms with Crippen molar-refractivity contribution in [3.8, 4) is 5.75 Å². The Morgan fingerprint density at radius 3 is 2.93 bits per heavy atom. The normalized spacial score (nSPS) is 9.29. The number of aryl methyl sites for hydroxylation is 1. The van der Waals surface area contributed by atoms with Gasteiger partial charge in [-0.2, -0.15) is 0 Å². The lowest BCUT2D eigenvalue weighted by Gasteiger charge is -2.07. The molecule has 0 amide bonds. The molecule has 74 valence electrons. The topological polar surface area (TPSA) is 38.7 Å². The van der Waals surface area contributed by atoms with Gasteiger partial charge in [-0.1, -0.05) is 12.1 Å². The van der Waals surface area contributed by atoms with Gasteiger partial charge in [0.1, 0.15) is 5.75 Å². The molecule has 14 heavy (non-hydrogen) atoms. The van der Waals surface area contributed by atoms with Crippen molar-refractivity contribution in [2.24, 2.45) is 4.99 Å². The van der Waals surface area contributed by atoms with E-state index < -0.39 is 0 Å². The second-order valence-corrected chi connectivity index (χ2v) is 3.04. The zero-order valence-electron chi connectivity index (χ0n) is 8.41. The van der Waals surface area contributed by atoms with Crippen LogP contribution in [0.1, 0.15) is 11.1 Å². The summed E-state index contributed by atoms with van der Waals surface area (Å²) in [6.45, 7) is 2.47. The van der Waals surface area contributed by atoms with Gasteiger partial charge in [0.05, 0.1) is 13.7 Å². The summed E-state index contributed by atoms with van der Waals surface area (Å²) in [6, 6.07) is 5.98. The molecule has 0 spiro atoms. The fourth-order valence-electron chi connectivity index (χ4n) is 1.28. The molecule has 0 aliphatic carbocycles. The zero-order valence-corrected chi connectivity index (χ0v) is 8.41. The molecule has 0 aromatic heterocycles. The van der Waals surface area contributed by atoms with Gasteiger partial charge in [-0.15, -0.1) is 0 Å². The number of carbonyl (C=O) groups excluding carboxylic acids is 1. The van der Waals surface area contributed by atoms with Crippen LogP contribution in [-0.2, 0) is 11.2 Å². The highest BCUT2D eigenvalue weighted by atomic mass is 16.5. The van der Waals surface area contributed by atoms with Crippen LogP contribution in [0.5, 0.6) is 5.75 Å². The van der Waals surface area contributed by atoms with Crippen molar-refractivity contribution in [2.75, 3.05) is 13.7 Å². The van der Waals surface area contributed by atoms with E-state index in [2.05, 4.69) is 4.99 Å². The minimum Gasteiger partial charge on any atom is -0.496 e. The van der Waals surface area contributed by atoms with Gasteiger partial charge in [0.15, 0.2) is 0 Å². The van der Waals surface area contributed by atoms with Crippen molar-refractivity contribution in [1.82, 2.24) is 0 Å². The maximum Gasteiger partial charge on any atom is 0.234 e. The van der Waals surface area contributed by atoms with Crippen molar-refractivity contribution in [1.29, 1.82) is 0 Å². The van der Waals surface area contributed by atoms with Crippen LogP contribution < -0.4 is 4.74 Å². The highest BCUT2D eigenvalue weighted by Crippen LogP contribution is 2.20. The van der Waals surface area contributed by atoms with Gasteiger partial charge in [-0.25, -0.2) is 9.79 Å².